The third kappa shape index (κ3) is 2.42. The van der Waals surface area contributed by atoms with Crippen molar-refractivity contribution in [1.82, 2.24) is 0 Å². The second-order valence-electron chi connectivity index (χ2n) is 3.14. The van der Waals surface area contributed by atoms with Crippen LogP contribution >= 0.6 is 11.3 Å². The van der Waals surface area contributed by atoms with E-state index in [-0.39, 0.29) is 0 Å². The quantitative estimate of drug-likeness (QED) is 0.711. The summed E-state index contributed by atoms with van der Waals surface area (Å²) in [7, 11) is 0. The first-order valence-electron chi connectivity index (χ1n) is 4.64. The van der Waals surface area contributed by atoms with Gasteiger partial charge in [-0.25, -0.2) is 0 Å². The molecule has 1 heterocycles. The van der Waals surface area contributed by atoms with E-state index in [0.717, 1.165) is 23.0 Å². The average Bonchev–Trinajstić information content (AvgIpc) is 2.75. The molecule has 0 radical (unpaired) electrons. The lowest BCUT2D eigenvalue weighted by Crippen LogP contribution is -1.77. The normalized spacial score (nSPS) is 10.7. The van der Waals surface area contributed by atoms with Gasteiger partial charge >= 0.3 is 0 Å². The molecule has 0 aliphatic rings. The number of aldehydes is 1. The summed E-state index contributed by atoms with van der Waals surface area (Å²) in [5, 5.41) is 3.83. The van der Waals surface area contributed by atoms with Crippen LogP contribution in [0.5, 0.6) is 0 Å². The zero-order valence-corrected chi connectivity index (χ0v) is 8.91. The second-order valence-corrected chi connectivity index (χ2v) is 3.89. The number of rotatable bonds is 3. The van der Waals surface area contributed by atoms with Gasteiger partial charge < -0.3 is 0 Å². The molecule has 0 saturated heterocycles. The molecule has 74 valence electrons. The smallest absolute Gasteiger partial charge is 0.151 e. The van der Waals surface area contributed by atoms with Gasteiger partial charge in [0.05, 0.1) is 0 Å². The highest BCUT2D eigenvalue weighted by Gasteiger charge is 1.97. The first-order chi connectivity index (χ1) is 7.40. The molecule has 0 amide bonds. The van der Waals surface area contributed by atoms with Gasteiger partial charge in [0.15, 0.2) is 6.29 Å². The van der Waals surface area contributed by atoms with Crippen LogP contribution in [0.4, 0.5) is 0 Å². The Bertz CT molecular complexity index is 468. The highest BCUT2D eigenvalue weighted by molar-refractivity contribution is 7.08. The summed E-state index contributed by atoms with van der Waals surface area (Å²) in [6.45, 7) is 0. The maximum atomic E-state index is 10.7. The van der Waals surface area contributed by atoms with Crippen molar-refractivity contribution in [3.05, 3.63) is 57.8 Å². The average molecular weight is 214 g/mol. The molecule has 0 N–H and O–H groups in total. The zero-order chi connectivity index (χ0) is 10.5. The fourth-order valence-corrected chi connectivity index (χ4v) is 2.07. The van der Waals surface area contributed by atoms with Gasteiger partial charge in [0, 0.05) is 10.9 Å². The standard InChI is InChI=1S/C13H10OS/c14-8-13-10-15-9-12(13)7-6-11-4-2-1-3-5-11/h1-10H/b7-6+. The van der Waals surface area contributed by atoms with Crippen LogP contribution in [0, 0.1) is 0 Å². The van der Waals surface area contributed by atoms with Crippen LogP contribution in [0.25, 0.3) is 12.2 Å². The minimum absolute atomic E-state index is 0.757. The first kappa shape index (κ1) is 9.87. The topological polar surface area (TPSA) is 17.1 Å². The van der Waals surface area contributed by atoms with Crippen LogP contribution in [0.2, 0.25) is 0 Å². The molecular formula is C13H10OS. The summed E-state index contributed by atoms with van der Waals surface area (Å²) in [5.74, 6) is 0. The largest absolute Gasteiger partial charge is 0.298 e. The third-order valence-electron chi connectivity index (χ3n) is 2.11. The Hall–Kier alpha value is -1.67. The lowest BCUT2D eigenvalue weighted by atomic mass is 10.1. The van der Waals surface area contributed by atoms with Crippen molar-refractivity contribution >= 4 is 29.8 Å². The summed E-state index contributed by atoms with van der Waals surface area (Å²) in [5.41, 5.74) is 2.88. The Morgan fingerprint density at radius 3 is 2.40 bits per heavy atom. The van der Waals surface area contributed by atoms with Gasteiger partial charge in [-0.05, 0) is 16.5 Å². The molecule has 2 heteroatoms. The number of carbonyl (C=O) groups is 1. The van der Waals surface area contributed by atoms with Gasteiger partial charge in [-0.1, -0.05) is 42.5 Å². The summed E-state index contributed by atoms with van der Waals surface area (Å²) in [6.07, 6.45) is 4.87. The minimum Gasteiger partial charge on any atom is -0.298 e. The van der Waals surface area contributed by atoms with E-state index in [1.807, 2.05) is 53.2 Å². The molecule has 1 aromatic heterocycles. The molecule has 0 fully saturated rings. The molecule has 1 aromatic carbocycles. The van der Waals surface area contributed by atoms with Crippen molar-refractivity contribution in [1.29, 1.82) is 0 Å². The van der Waals surface area contributed by atoms with Crippen molar-refractivity contribution in [2.45, 2.75) is 0 Å². The first-order valence-corrected chi connectivity index (χ1v) is 5.59. The van der Waals surface area contributed by atoms with E-state index in [4.69, 9.17) is 0 Å². The van der Waals surface area contributed by atoms with Crippen molar-refractivity contribution in [2.24, 2.45) is 0 Å². The Balaban J connectivity index is 2.22. The molecule has 2 rings (SSSR count). The van der Waals surface area contributed by atoms with Crippen molar-refractivity contribution < 1.29 is 4.79 Å². The fraction of sp³-hybridized carbons (Fsp3) is 0. The van der Waals surface area contributed by atoms with Crippen LogP contribution < -0.4 is 0 Å². The maximum absolute atomic E-state index is 10.7. The summed E-state index contributed by atoms with van der Waals surface area (Å²) in [4.78, 5) is 10.7. The van der Waals surface area contributed by atoms with E-state index >= 15 is 0 Å². The van der Waals surface area contributed by atoms with Crippen molar-refractivity contribution in [3.63, 3.8) is 0 Å². The Morgan fingerprint density at radius 2 is 1.67 bits per heavy atom. The molecule has 0 aliphatic heterocycles. The van der Waals surface area contributed by atoms with E-state index in [1.54, 1.807) is 11.3 Å². The van der Waals surface area contributed by atoms with Gasteiger partial charge in [0.2, 0.25) is 0 Å². The molecule has 15 heavy (non-hydrogen) atoms. The van der Waals surface area contributed by atoms with Crippen molar-refractivity contribution in [2.75, 3.05) is 0 Å². The number of thiophene rings is 1. The number of hydrogen-bond donors (Lipinski definition) is 0. The van der Waals surface area contributed by atoms with Gasteiger partial charge in [0.1, 0.15) is 0 Å². The molecular weight excluding hydrogens is 204 g/mol. The van der Waals surface area contributed by atoms with Gasteiger partial charge in [-0.2, -0.15) is 11.3 Å². The van der Waals surface area contributed by atoms with Gasteiger partial charge in [-0.15, -0.1) is 0 Å². The molecule has 0 aliphatic carbocycles. The minimum atomic E-state index is 0.757. The molecule has 0 spiro atoms. The monoisotopic (exact) mass is 214 g/mol. The van der Waals surface area contributed by atoms with Gasteiger partial charge in [-0.3, -0.25) is 4.79 Å². The van der Waals surface area contributed by atoms with E-state index in [1.165, 1.54) is 0 Å². The van der Waals surface area contributed by atoms with Crippen LogP contribution in [0.15, 0.2) is 41.1 Å². The maximum Gasteiger partial charge on any atom is 0.151 e. The van der Waals surface area contributed by atoms with Crippen LogP contribution in [-0.4, -0.2) is 6.29 Å². The number of carbonyl (C=O) groups excluding carboxylic acids is 1. The summed E-state index contributed by atoms with van der Waals surface area (Å²) in [6, 6.07) is 10.0. The molecule has 0 unspecified atom stereocenters. The molecule has 0 bridgehead atoms. The van der Waals surface area contributed by atoms with Crippen molar-refractivity contribution in [3.8, 4) is 0 Å². The molecule has 2 aromatic rings. The summed E-state index contributed by atoms with van der Waals surface area (Å²) < 4.78 is 0. The Morgan fingerprint density at radius 1 is 0.933 bits per heavy atom. The lowest BCUT2D eigenvalue weighted by molar-refractivity contribution is 0.112. The molecule has 0 atom stereocenters. The Labute approximate surface area is 92.7 Å². The molecule has 1 nitrogen and oxygen atoms in total. The van der Waals surface area contributed by atoms with Gasteiger partial charge in [0.25, 0.3) is 0 Å². The fourth-order valence-electron chi connectivity index (χ4n) is 1.30. The summed E-state index contributed by atoms with van der Waals surface area (Å²) >= 11 is 1.54. The van der Waals surface area contributed by atoms with E-state index < -0.39 is 0 Å². The van der Waals surface area contributed by atoms with Crippen LogP contribution in [-0.2, 0) is 0 Å². The highest BCUT2D eigenvalue weighted by Crippen LogP contribution is 2.16. The number of benzene rings is 1. The van der Waals surface area contributed by atoms with Crippen LogP contribution in [0.3, 0.4) is 0 Å². The number of hydrogen-bond acceptors (Lipinski definition) is 2. The Kier molecular flexibility index (Phi) is 3.10. The molecule has 0 saturated carbocycles. The SMILES string of the molecule is O=Cc1cscc1/C=C/c1ccccc1. The second kappa shape index (κ2) is 4.71. The third-order valence-corrected chi connectivity index (χ3v) is 2.89. The highest BCUT2D eigenvalue weighted by atomic mass is 32.1. The lowest BCUT2D eigenvalue weighted by Gasteiger charge is -1.91. The van der Waals surface area contributed by atoms with E-state index in [0.29, 0.717) is 0 Å². The predicted octanol–water partition coefficient (Wildman–Crippen LogP) is 3.73. The van der Waals surface area contributed by atoms with E-state index in [9.17, 15) is 4.79 Å². The zero-order valence-electron chi connectivity index (χ0n) is 8.09. The predicted molar refractivity (Wildman–Crippen MR) is 65.1 cm³/mol. The van der Waals surface area contributed by atoms with Crippen LogP contribution in [0.1, 0.15) is 21.5 Å². The van der Waals surface area contributed by atoms with E-state index in [2.05, 4.69) is 0 Å².